The third-order valence-electron chi connectivity index (χ3n) is 6.34. The van der Waals surface area contributed by atoms with Crippen LogP contribution in [0.3, 0.4) is 0 Å². The second-order valence-corrected chi connectivity index (χ2v) is 13.6. The lowest BCUT2D eigenvalue weighted by Gasteiger charge is -2.38. The molecular weight excluding hydrogens is 420 g/mol. The molecule has 2 aromatic rings. The molecule has 0 saturated heterocycles. The van der Waals surface area contributed by atoms with Crippen molar-refractivity contribution >= 4 is 25.5 Å². The van der Waals surface area contributed by atoms with E-state index in [9.17, 15) is 16.8 Å². The molecule has 2 aliphatic rings. The van der Waals surface area contributed by atoms with Crippen LogP contribution in [0.25, 0.3) is 0 Å². The zero-order chi connectivity index (χ0) is 22.1. The lowest BCUT2D eigenvalue weighted by Crippen LogP contribution is -2.54. The number of nitrogens with zero attached hydrogens (tertiary/aromatic N) is 1. The normalized spacial score (nSPS) is 26.1. The molecule has 2 heterocycles. The van der Waals surface area contributed by atoms with Crippen molar-refractivity contribution in [2.45, 2.75) is 55.1 Å². The van der Waals surface area contributed by atoms with Gasteiger partial charge in [-0.05, 0) is 62.4 Å². The number of nitrogens with two attached hydrogens (primary N) is 1. The molecule has 0 saturated carbocycles. The van der Waals surface area contributed by atoms with Crippen molar-refractivity contribution in [3.63, 3.8) is 0 Å². The SMILES string of the molecule is Cc1ccc2c(c1)Cc1cc([C@]3(C)CS(=O)(=O)C(C)(C)C(N)=N3)ccc1S(=O)(=O)C2. The van der Waals surface area contributed by atoms with Gasteiger partial charge in [-0.2, -0.15) is 0 Å². The third kappa shape index (κ3) is 3.17. The Morgan fingerprint density at radius 3 is 2.30 bits per heavy atom. The molecule has 30 heavy (non-hydrogen) atoms. The van der Waals surface area contributed by atoms with Crippen molar-refractivity contribution < 1.29 is 16.8 Å². The van der Waals surface area contributed by atoms with Crippen LogP contribution >= 0.6 is 0 Å². The van der Waals surface area contributed by atoms with Crippen LogP contribution in [0.4, 0.5) is 0 Å². The zero-order valence-electron chi connectivity index (χ0n) is 17.6. The number of sulfone groups is 2. The smallest absolute Gasteiger partial charge is 0.182 e. The first-order valence-electron chi connectivity index (χ1n) is 9.78. The van der Waals surface area contributed by atoms with Gasteiger partial charge in [0.15, 0.2) is 19.7 Å². The number of aryl methyl sites for hydroxylation is 1. The van der Waals surface area contributed by atoms with Gasteiger partial charge in [0, 0.05) is 0 Å². The Bertz CT molecular complexity index is 1310. The van der Waals surface area contributed by atoms with Crippen LogP contribution in [0.2, 0.25) is 0 Å². The first-order valence-corrected chi connectivity index (χ1v) is 13.1. The van der Waals surface area contributed by atoms with Crippen molar-refractivity contribution in [1.82, 2.24) is 0 Å². The van der Waals surface area contributed by atoms with Crippen LogP contribution in [-0.4, -0.2) is 33.2 Å². The quantitative estimate of drug-likeness (QED) is 0.725. The Labute approximate surface area is 178 Å². The van der Waals surface area contributed by atoms with Crippen LogP contribution in [0.1, 0.15) is 48.6 Å². The van der Waals surface area contributed by atoms with Gasteiger partial charge in [0.05, 0.1) is 21.9 Å². The molecule has 0 aromatic heterocycles. The molecule has 4 rings (SSSR count). The summed E-state index contributed by atoms with van der Waals surface area (Å²) in [5.41, 5.74) is 9.14. The highest BCUT2D eigenvalue weighted by Gasteiger charge is 2.48. The fraction of sp³-hybridized carbons (Fsp3) is 0.409. The predicted molar refractivity (Wildman–Crippen MR) is 118 cm³/mol. The average Bonchev–Trinajstić information content (AvgIpc) is 2.72. The van der Waals surface area contributed by atoms with Gasteiger partial charge in [-0.15, -0.1) is 0 Å². The van der Waals surface area contributed by atoms with Gasteiger partial charge in [-0.25, -0.2) is 16.8 Å². The van der Waals surface area contributed by atoms with E-state index in [1.165, 1.54) is 0 Å². The molecule has 2 N–H and O–H groups in total. The summed E-state index contributed by atoms with van der Waals surface area (Å²) in [6.45, 7) is 6.83. The highest BCUT2D eigenvalue weighted by atomic mass is 32.2. The van der Waals surface area contributed by atoms with Crippen molar-refractivity contribution in [2.24, 2.45) is 10.7 Å². The Hall–Kier alpha value is -2.19. The number of fused-ring (bicyclic) bond motifs is 2. The van der Waals surface area contributed by atoms with Gasteiger partial charge in [-0.1, -0.05) is 35.9 Å². The van der Waals surface area contributed by atoms with E-state index < -0.39 is 30.0 Å². The molecule has 0 fully saturated rings. The number of benzene rings is 2. The molecule has 8 heteroatoms. The molecule has 6 nitrogen and oxygen atoms in total. The maximum Gasteiger partial charge on any atom is 0.182 e. The van der Waals surface area contributed by atoms with Gasteiger partial charge >= 0.3 is 0 Å². The second kappa shape index (κ2) is 6.40. The van der Waals surface area contributed by atoms with E-state index >= 15 is 0 Å². The van der Waals surface area contributed by atoms with Crippen molar-refractivity contribution in [1.29, 1.82) is 0 Å². The van der Waals surface area contributed by atoms with E-state index in [0.717, 1.165) is 16.7 Å². The topological polar surface area (TPSA) is 107 Å². The lowest BCUT2D eigenvalue weighted by molar-refractivity contribution is 0.500. The van der Waals surface area contributed by atoms with E-state index in [2.05, 4.69) is 4.99 Å². The predicted octanol–water partition coefficient (Wildman–Crippen LogP) is 2.65. The number of rotatable bonds is 1. The van der Waals surface area contributed by atoms with Gasteiger partial charge in [-0.3, -0.25) is 4.99 Å². The lowest BCUT2D eigenvalue weighted by atomic mass is 9.90. The monoisotopic (exact) mass is 446 g/mol. The number of amidine groups is 1. The molecule has 0 unspecified atom stereocenters. The zero-order valence-corrected chi connectivity index (χ0v) is 19.2. The molecule has 0 aliphatic carbocycles. The molecule has 0 bridgehead atoms. The van der Waals surface area contributed by atoms with E-state index in [4.69, 9.17) is 5.73 Å². The van der Waals surface area contributed by atoms with Crippen molar-refractivity contribution in [3.05, 3.63) is 64.2 Å². The van der Waals surface area contributed by atoms with Crippen LogP contribution in [0.15, 0.2) is 46.3 Å². The summed E-state index contributed by atoms with van der Waals surface area (Å²) in [5.74, 6) is -0.158. The summed E-state index contributed by atoms with van der Waals surface area (Å²) in [5, 5.41) is 0. The summed E-state index contributed by atoms with van der Waals surface area (Å²) in [6.07, 6.45) is 0.465. The van der Waals surface area contributed by atoms with E-state index in [0.29, 0.717) is 22.4 Å². The second-order valence-electron chi connectivity index (χ2n) is 9.07. The minimum atomic E-state index is -3.55. The fourth-order valence-electron chi connectivity index (χ4n) is 4.19. The summed E-state index contributed by atoms with van der Waals surface area (Å²) >= 11 is 0. The van der Waals surface area contributed by atoms with Gasteiger partial charge < -0.3 is 5.73 Å². The molecule has 160 valence electrons. The molecule has 1 atom stereocenters. The van der Waals surface area contributed by atoms with E-state index in [1.807, 2.05) is 25.1 Å². The Morgan fingerprint density at radius 1 is 0.933 bits per heavy atom. The highest BCUT2D eigenvalue weighted by molar-refractivity contribution is 7.93. The maximum absolute atomic E-state index is 13.0. The fourth-order valence-corrected chi connectivity index (χ4v) is 7.54. The van der Waals surface area contributed by atoms with E-state index in [-0.39, 0.29) is 17.3 Å². The first kappa shape index (κ1) is 21.1. The number of aliphatic imine (C=N–C) groups is 1. The Morgan fingerprint density at radius 2 is 1.63 bits per heavy atom. The standard InChI is InChI=1S/C22H26N2O4S2/c1-14-5-6-15-12-29(25,26)19-8-7-18(11-17(19)10-16(15)9-14)22(4)13-30(27,28)21(2,3)20(23)24-22/h5-9,11H,10,12-13H2,1-4H3,(H2,23,24)/t22-/m0/s1. The third-order valence-corrected chi connectivity index (χ3v) is 10.8. The average molecular weight is 447 g/mol. The maximum atomic E-state index is 13.0. The largest absolute Gasteiger partial charge is 0.386 e. The summed E-state index contributed by atoms with van der Waals surface area (Å²) in [4.78, 5) is 4.86. The summed E-state index contributed by atoms with van der Waals surface area (Å²) in [6, 6.07) is 10.8. The van der Waals surface area contributed by atoms with Gasteiger partial charge in [0.2, 0.25) is 0 Å². The first-order chi connectivity index (χ1) is 13.8. The van der Waals surface area contributed by atoms with Gasteiger partial charge in [0.25, 0.3) is 0 Å². The van der Waals surface area contributed by atoms with Crippen LogP contribution < -0.4 is 5.73 Å². The van der Waals surface area contributed by atoms with Crippen molar-refractivity contribution in [3.8, 4) is 0 Å². The molecule has 0 amide bonds. The molecule has 0 radical (unpaired) electrons. The molecule has 2 aliphatic heterocycles. The molecular formula is C22H26N2O4S2. The Kier molecular flexibility index (Phi) is 4.50. The molecule has 0 spiro atoms. The van der Waals surface area contributed by atoms with Crippen LogP contribution in [0.5, 0.6) is 0 Å². The number of hydrogen-bond donors (Lipinski definition) is 1. The number of hydrogen-bond acceptors (Lipinski definition) is 6. The minimum Gasteiger partial charge on any atom is -0.386 e. The van der Waals surface area contributed by atoms with E-state index in [1.54, 1.807) is 39.0 Å². The highest BCUT2D eigenvalue weighted by Crippen LogP contribution is 2.39. The molecule has 2 aromatic carbocycles. The summed E-state index contributed by atoms with van der Waals surface area (Å²) in [7, 11) is -7.05. The minimum absolute atomic E-state index is 0.0418. The van der Waals surface area contributed by atoms with Gasteiger partial charge in [0.1, 0.15) is 10.6 Å². The summed E-state index contributed by atoms with van der Waals surface area (Å²) < 4.78 is 50.6. The van der Waals surface area contributed by atoms with Crippen LogP contribution in [0, 0.1) is 6.92 Å². The van der Waals surface area contributed by atoms with Crippen molar-refractivity contribution in [2.75, 3.05) is 5.75 Å². The Balaban J connectivity index is 1.89. The van der Waals surface area contributed by atoms with Crippen LogP contribution in [-0.2, 0) is 37.4 Å².